The second-order valence-corrected chi connectivity index (χ2v) is 4.67. The number of benzene rings is 1. The van der Waals surface area contributed by atoms with Crippen LogP contribution in [0.4, 0.5) is 0 Å². The lowest BCUT2D eigenvalue weighted by Gasteiger charge is -2.00. The summed E-state index contributed by atoms with van der Waals surface area (Å²) in [6.45, 7) is 0.187. The minimum atomic E-state index is -0.434. The number of nitrogens with one attached hydrogen (secondary N) is 1. The minimum absolute atomic E-state index is 0.173. The smallest absolute Gasteiger partial charge is 0.307 e. The molecule has 1 aliphatic heterocycles. The standard InChI is InChI=1S/C13H9BrN2O4/c14-11-5-4-10(20-11)13(17)16-15-6-8-2-1-3-9-12(8)19-7-18-9/h1-6H,7H2,(H,16,17). The highest BCUT2D eigenvalue weighted by molar-refractivity contribution is 9.10. The molecule has 0 saturated carbocycles. The van der Waals surface area contributed by atoms with Crippen LogP contribution in [0, 0.1) is 0 Å². The van der Waals surface area contributed by atoms with Crippen molar-refractivity contribution in [3.8, 4) is 11.5 Å². The fourth-order valence-electron chi connectivity index (χ4n) is 1.71. The van der Waals surface area contributed by atoms with E-state index in [1.807, 2.05) is 12.1 Å². The van der Waals surface area contributed by atoms with Crippen molar-refractivity contribution in [2.75, 3.05) is 6.79 Å². The number of rotatable bonds is 3. The molecule has 0 unspecified atom stereocenters. The molecule has 1 N–H and O–H groups in total. The molecule has 102 valence electrons. The van der Waals surface area contributed by atoms with Crippen LogP contribution in [-0.2, 0) is 0 Å². The monoisotopic (exact) mass is 336 g/mol. The normalized spacial score (nSPS) is 12.8. The molecule has 1 aromatic carbocycles. The lowest BCUT2D eigenvalue weighted by molar-refractivity contribution is 0.0926. The van der Waals surface area contributed by atoms with Gasteiger partial charge in [0.05, 0.1) is 6.21 Å². The summed E-state index contributed by atoms with van der Waals surface area (Å²) in [5, 5.41) is 3.87. The molecular weight excluding hydrogens is 328 g/mol. The number of nitrogens with zero attached hydrogens (tertiary/aromatic N) is 1. The van der Waals surface area contributed by atoms with Crippen molar-refractivity contribution in [3.63, 3.8) is 0 Å². The van der Waals surface area contributed by atoms with E-state index in [0.717, 1.165) is 5.56 Å². The van der Waals surface area contributed by atoms with Crippen LogP contribution >= 0.6 is 15.9 Å². The quantitative estimate of drug-likeness (QED) is 0.690. The Morgan fingerprint density at radius 1 is 1.30 bits per heavy atom. The van der Waals surface area contributed by atoms with E-state index in [9.17, 15) is 4.79 Å². The van der Waals surface area contributed by atoms with Gasteiger partial charge in [0, 0.05) is 5.56 Å². The van der Waals surface area contributed by atoms with Crippen molar-refractivity contribution in [3.05, 3.63) is 46.3 Å². The van der Waals surface area contributed by atoms with Crippen LogP contribution < -0.4 is 14.9 Å². The van der Waals surface area contributed by atoms with Crippen LogP contribution in [0.1, 0.15) is 16.1 Å². The molecule has 1 amide bonds. The van der Waals surface area contributed by atoms with Gasteiger partial charge in [0.15, 0.2) is 21.9 Å². The summed E-state index contributed by atoms with van der Waals surface area (Å²) in [6.07, 6.45) is 1.49. The van der Waals surface area contributed by atoms with Gasteiger partial charge in [-0.1, -0.05) is 6.07 Å². The third-order valence-corrected chi connectivity index (χ3v) is 3.02. The average Bonchev–Trinajstić information content (AvgIpc) is 3.07. The number of hydrazone groups is 1. The van der Waals surface area contributed by atoms with Crippen molar-refractivity contribution in [1.82, 2.24) is 5.43 Å². The molecule has 20 heavy (non-hydrogen) atoms. The number of para-hydroxylation sites is 1. The Morgan fingerprint density at radius 2 is 2.20 bits per heavy atom. The molecule has 1 aromatic heterocycles. The lowest BCUT2D eigenvalue weighted by Crippen LogP contribution is -2.16. The lowest BCUT2D eigenvalue weighted by atomic mass is 10.2. The van der Waals surface area contributed by atoms with Gasteiger partial charge in [0.1, 0.15) is 0 Å². The average molecular weight is 337 g/mol. The topological polar surface area (TPSA) is 73.1 Å². The van der Waals surface area contributed by atoms with E-state index >= 15 is 0 Å². The molecule has 3 rings (SSSR count). The van der Waals surface area contributed by atoms with Crippen molar-refractivity contribution in [2.45, 2.75) is 0 Å². The van der Waals surface area contributed by atoms with Gasteiger partial charge < -0.3 is 13.9 Å². The van der Waals surface area contributed by atoms with Gasteiger partial charge in [-0.15, -0.1) is 0 Å². The largest absolute Gasteiger partial charge is 0.454 e. The first-order chi connectivity index (χ1) is 9.74. The highest BCUT2D eigenvalue weighted by Crippen LogP contribution is 2.34. The third-order valence-electron chi connectivity index (χ3n) is 2.59. The summed E-state index contributed by atoms with van der Waals surface area (Å²) in [7, 11) is 0. The Bertz CT molecular complexity index is 681. The van der Waals surface area contributed by atoms with Gasteiger partial charge in [-0.3, -0.25) is 4.79 Å². The number of halogens is 1. The molecule has 0 spiro atoms. The van der Waals surface area contributed by atoms with Gasteiger partial charge in [-0.2, -0.15) is 5.10 Å². The zero-order valence-electron chi connectivity index (χ0n) is 10.1. The predicted octanol–water partition coefficient (Wildman–Crippen LogP) is 2.53. The molecule has 1 aliphatic rings. The Labute approximate surface area is 122 Å². The van der Waals surface area contributed by atoms with Crippen LogP contribution in [0.3, 0.4) is 0 Å². The number of fused-ring (bicyclic) bond motifs is 1. The fraction of sp³-hybridized carbons (Fsp3) is 0.0769. The van der Waals surface area contributed by atoms with Gasteiger partial charge in [0.25, 0.3) is 0 Å². The predicted molar refractivity (Wildman–Crippen MR) is 74.0 cm³/mol. The van der Waals surface area contributed by atoms with Crippen molar-refractivity contribution in [1.29, 1.82) is 0 Å². The first-order valence-electron chi connectivity index (χ1n) is 5.71. The number of carbonyl (C=O) groups is 1. The number of hydrogen-bond donors (Lipinski definition) is 1. The Kier molecular flexibility index (Phi) is 3.42. The maximum atomic E-state index is 11.7. The second kappa shape index (κ2) is 5.38. The Morgan fingerprint density at radius 3 is 3.00 bits per heavy atom. The van der Waals surface area contributed by atoms with E-state index in [2.05, 4.69) is 26.5 Å². The number of ether oxygens (including phenoxy) is 2. The van der Waals surface area contributed by atoms with E-state index in [1.165, 1.54) is 6.21 Å². The maximum absolute atomic E-state index is 11.7. The second-order valence-electron chi connectivity index (χ2n) is 3.88. The minimum Gasteiger partial charge on any atom is -0.454 e. The van der Waals surface area contributed by atoms with Crippen LogP contribution in [0.5, 0.6) is 11.5 Å². The highest BCUT2D eigenvalue weighted by Gasteiger charge is 2.16. The van der Waals surface area contributed by atoms with Crippen molar-refractivity contribution < 1.29 is 18.7 Å². The molecule has 2 heterocycles. The van der Waals surface area contributed by atoms with Crippen LogP contribution in [-0.4, -0.2) is 18.9 Å². The summed E-state index contributed by atoms with van der Waals surface area (Å²) in [4.78, 5) is 11.7. The molecule has 6 nitrogen and oxygen atoms in total. The molecular formula is C13H9BrN2O4. The van der Waals surface area contributed by atoms with Crippen LogP contribution in [0.15, 0.2) is 44.5 Å². The van der Waals surface area contributed by atoms with Crippen LogP contribution in [0.2, 0.25) is 0 Å². The first-order valence-corrected chi connectivity index (χ1v) is 6.51. The van der Waals surface area contributed by atoms with Crippen molar-refractivity contribution >= 4 is 28.1 Å². The first kappa shape index (κ1) is 12.7. The highest BCUT2D eigenvalue weighted by atomic mass is 79.9. The van der Waals surface area contributed by atoms with E-state index in [0.29, 0.717) is 16.2 Å². The van der Waals surface area contributed by atoms with Gasteiger partial charge in [-0.05, 0) is 40.2 Å². The SMILES string of the molecule is O=C(NN=Cc1cccc2c1OCO2)c1ccc(Br)o1. The number of hydrogen-bond acceptors (Lipinski definition) is 5. The number of amides is 1. The summed E-state index contributed by atoms with van der Waals surface area (Å²) in [5.41, 5.74) is 3.09. The molecule has 0 atom stereocenters. The van der Waals surface area contributed by atoms with Gasteiger partial charge >= 0.3 is 5.91 Å². The molecule has 0 fully saturated rings. The summed E-state index contributed by atoms with van der Waals surface area (Å²) in [5.74, 6) is 1.02. The van der Waals surface area contributed by atoms with E-state index < -0.39 is 5.91 Å². The van der Waals surface area contributed by atoms with E-state index in [1.54, 1.807) is 18.2 Å². The Hall–Kier alpha value is -2.28. The zero-order chi connectivity index (χ0) is 13.9. The third kappa shape index (κ3) is 2.53. The summed E-state index contributed by atoms with van der Waals surface area (Å²) in [6, 6.07) is 8.62. The fourth-order valence-corrected chi connectivity index (χ4v) is 2.01. The number of carbonyl (C=O) groups excluding carboxylic acids is 1. The van der Waals surface area contributed by atoms with E-state index in [-0.39, 0.29) is 12.6 Å². The maximum Gasteiger partial charge on any atom is 0.307 e. The number of furan rings is 1. The van der Waals surface area contributed by atoms with Gasteiger partial charge in [-0.25, -0.2) is 5.43 Å². The molecule has 2 aromatic rings. The summed E-state index contributed by atoms with van der Waals surface area (Å²) < 4.78 is 16.2. The Balaban J connectivity index is 1.69. The molecule has 7 heteroatoms. The van der Waals surface area contributed by atoms with Crippen molar-refractivity contribution in [2.24, 2.45) is 5.10 Å². The van der Waals surface area contributed by atoms with Crippen LogP contribution in [0.25, 0.3) is 0 Å². The molecule has 0 bridgehead atoms. The molecule has 0 saturated heterocycles. The molecule has 0 aliphatic carbocycles. The zero-order valence-corrected chi connectivity index (χ0v) is 11.7. The summed E-state index contributed by atoms with van der Waals surface area (Å²) >= 11 is 3.12. The van der Waals surface area contributed by atoms with Gasteiger partial charge in [0.2, 0.25) is 6.79 Å². The van der Waals surface area contributed by atoms with E-state index in [4.69, 9.17) is 13.9 Å². The molecule has 0 radical (unpaired) electrons.